The zero-order valence-corrected chi connectivity index (χ0v) is 8.58. The maximum atomic E-state index is 11.5. The lowest BCUT2D eigenvalue weighted by atomic mass is 9.85. The first kappa shape index (κ1) is 9.91. The van der Waals surface area contributed by atoms with Gasteiger partial charge in [0, 0.05) is 12.3 Å². The average molecular weight is 194 g/mol. The number of ether oxygens (including phenoxy) is 1. The number of carbonyl (C=O) groups excluding carboxylic acids is 1. The molecule has 0 amide bonds. The third-order valence-corrected chi connectivity index (χ3v) is 3.07. The quantitative estimate of drug-likeness (QED) is 0.508. The Morgan fingerprint density at radius 1 is 1.43 bits per heavy atom. The molecule has 14 heavy (non-hydrogen) atoms. The van der Waals surface area contributed by atoms with Crippen molar-refractivity contribution in [1.82, 2.24) is 0 Å². The Hall–Kier alpha value is -0.630. The van der Waals surface area contributed by atoms with Gasteiger partial charge in [0.15, 0.2) is 0 Å². The van der Waals surface area contributed by atoms with Gasteiger partial charge in [-0.3, -0.25) is 4.79 Å². The SMILES string of the molecule is O=C1CCCCC1CC/C=C\[C@H]1CO1. The fraction of sp³-hybridized carbons (Fsp3) is 0.750. The summed E-state index contributed by atoms with van der Waals surface area (Å²) in [5.41, 5.74) is 0. The van der Waals surface area contributed by atoms with Gasteiger partial charge in [0.1, 0.15) is 5.78 Å². The molecule has 78 valence electrons. The molecule has 2 fully saturated rings. The second-order valence-electron chi connectivity index (χ2n) is 4.29. The molecular weight excluding hydrogens is 176 g/mol. The molecule has 0 radical (unpaired) electrons. The summed E-state index contributed by atoms with van der Waals surface area (Å²) in [7, 11) is 0. The van der Waals surface area contributed by atoms with Crippen molar-refractivity contribution in [2.45, 2.75) is 44.6 Å². The Morgan fingerprint density at radius 2 is 2.29 bits per heavy atom. The molecule has 1 saturated carbocycles. The highest BCUT2D eigenvalue weighted by Gasteiger charge is 2.21. The number of rotatable bonds is 4. The Labute approximate surface area is 85.3 Å². The minimum Gasteiger partial charge on any atom is -0.369 e. The average Bonchev–Trinajstić information content (AvgIpc) is 2.99. The molecule has 0 N–H and O–H groups in total. The van der Waals surface area contributed by atoms with Crippen LogP contribution in [0.2, 0.25) is 0 Å². The van der Waals surface area contributed by atoms with Crippen LogP contribution in [0.4, 0.5) is 0 Å². The lowest BCUT2D eigenvalue weighted by Gasteiger charge is -2.19. The van der Waals surface area contributed by atoms with Gasteiger partial charge in [0.2, 0.25) is 0 Å². The molecule has 2 nitrogen and oxygen atoms in total. The van der Waals surface area contributed by atoms with Crippen LogP contribution in [-0.2, 0) is 9.53 Å². The van der Waals surface area contributed by atoms with Crippen LogP contribution in [0.5, 0.6) is 0 Å². The van der Waals surface area contributed by atoms with Gasteiger partial charge in [-0.15, -0.1) is 0 Å². The van der Waals surface area contributed by atoms with Crippen molar-refractivity contribution in [2.75, 3.05) is 6.61 Å². The second-order valence-corrected chi connectivity index (χ2v) is 4.29. The summed E-state index contributed by atoms with van der Waals surface area (Å²) in [4.78, 5) is 11.5. The summed E-state index contributed by atoms with van der Waals surface area (Å²) >= 11 is 0. The van der Waals surface area contributed by atoms with Crippen LogP contribution in [0.1, 0.15) is 38.5 Å². The molecular formula is C12H18O2. The van der Waals surface area contributed by atoms with E-state index in [1.54, 1.807) is 0 Å². The van der Waals surface area contributed by atoms with Gasteiger partial charge in [-0.2, -0.15) is 0 Å². The number of hydrogen-bond acceptors (Lipinski definition) is 2. The van der Waals surface area contributed by atoms with Gasteiger partial charge in [-0.05, 0) is 25.7 Å². The van der Waals surface area contributed by atoms with Crippen LogP contribution in [0, 0.1) is 5.92 Å². The van der Waals surface area contributed by atoms with E-state index in [4.69, 9.17) is 4.74 Å². The number of epoxide rings is 1. The minimum absolute atomic E-state index is 0.355. The molecule has 1 aliphatic carbocycles. The Morgan fingerprint density at radius 3 is 3.00 bits per heavy atom. The predicted octanol–water partition coefficient (Wildman–Crippen LogP) is 2.48. The van der Waals surface area contributed by atoms with Crippen molar-refractivity contribution in [3.8, 4) is 0 Å². The molecule has 1 saturated heterocycles. The number of allylic oxidation sites excluding steroid dienone is 1. The van der Waals surface area contributed by atoms with E-state index in [9.17, 15) is 4.79 Å². The smallest absolute Gasteiger partial charge is 0.135 e. The zero-order chi connectivity index (χ0) is 9.80. The number of hydrogen-bond donors (Lipinski definition) is 0. The fourth-order valence-electron chi connectivity index (χ4n) is 2.07. The van der Waals surface area contributed by atoms with Gasteiger partial charge in [0.25, 0.3) is 0 Å². The molecule has 1 heterocycles. The van der Waals surface area contributed by atoms with Crippen molar-refractivity contribution in [2.24, 2.45) is 5.92 Å². The van der Waals surface area contributed by atoms with Crippen molar-refractivity contribution < 1.29 is 9.53 Å². The standard InChI is InChI=1S/C12H18O2/c13-12-8-4-2-6-10(12)5-1-3-7-11-9-14-11/h3,7,10-11H,1-2,4-6,8-9H2/b7-3-/t10?,11-/m0/s1. The first-order valence-electron chi connectivity index (χ1n) is 5.67. The second kappa shape index (κ2) is 4.74. The van der Waals surface area contributed by atoms with Gasteiger partial charge < -0.3 is 4.74 Å². The van der Waals surface area contributed by atoms with Crippen LogP contribution >= 0.6 is 0 Å². The summed E-state index contributed by atoms with van der Waals surface area (Å²) < 4.78 is 5.07. The fourth-order valence-corrected chi connectivity index (χ4v) is 2.07. The van der Waals surface area contributed by atoms with E-state index in [2.05, 4.69) is 12.2 Å². The summed E-state index contributed by atoms with van der Waals surface area (Å²) in [5.74, 6) is 0.848. The summed E-state index contributed by atoms with van der Waals surface area (Å²) in [6, 6.07) is 0. The molecule has 0 aromatic rings. The monoisotopic (exact) mass is 194 g/mol. The first-order valence-corrected chi connectivity index (χ1v) is 5.67. The molecule has 2 aliphatic rings. The lowest BCUT2D eigenvalue weighted by Crippen LogP contribution is -2.18. The molecule has 0 spiro atoms. The van der Waals surface area contributed by atoms with Gasteiger partial charge in [0.05, 0.1) is 12.7 Å². The van der Waals surface area contributed by atoms with E-state index in [1.165, 1.54) is 6.42 Å². The van der Waals surface area contributed by atoms with E-state index in [0.29, 0.717) is 17.8 Å². The lowest BCUT2D eigenvalue weighted by molar-refractivity contribution is -0.124. The predicted molar refractivity (Wildman–Crippen MR) is 55.1 cm³/mol. The van der Waals surface area contributed by atoms with Crippen LogP contribution in [0.3, 0.4) is 0 Å². The summed E-state index contributed by atoms with van der Waals surface area (Å²) in [5, 5.41) is 0. The van der Waals surface area contributed by atoms with E-state index in [-0.39, 0.29) is 0 Å². The molecule has 2 atom stereocenters. The maximum Gasteiger partial charge on any atom is 0.135 e. The Bertz CT molecular complexity index is 228. The van der Waals surface area contributed by atoms with Crippen LogP contribution in [0.15, 0.2) is 12.2 Å². The van der Waals surface area contributed by atoms with Crippen molar-refractivity contribution >= 4 is 5.78 Å². The van der Waals surface area contributed by atoms with Crippen LogP contribution in [0.25, 0.3) is 0 Å². The largest absolute Gasteiger partial charge is 0.369 e. The Kier molecular flexibility index (Phi) is 3.35. The molecule has 1 aliphatic heterocycles. The van der Waals surface area contributed by atoms with Gasteiger partial charge in [-0.25, -0.2) is 0 Å². The van der Waals surface area contributed by atoms with Gasteiger partial charge >= 0.3 is 0 Å². The highest BCUT2D eigenvalue weighted by molar-refractivity contribution is 5.81. The number of Topliss-reactive ketones (excluding diaryl/α,β-unsaturated/α-hetero) is 1. The van der Waals surface area contributed by atoms with Crippen molar-refractivity contribution in [3.05, 3.63) is 12.2 Å². The molecule has 0 aromatic carbocycles. The highest BCUT2D eigenvalue weighted by atomic mass is 16.6. The number of ketones is 1. The van der Waals surface area contributed by atoms with E-state index < -0.39 is 0 Å². The Balaban J connectivity index is 1.65. The van der Waals surface area contributed by atoms with Crippen LogP contribution in [-0.4, -0.2) is 18.5 Å². The maximum absolute atomic E-state index is 11.5. The normalized spacial score (nSPS) is 32.4. The first-order chi connectivity index (χ1) is 6.86. The third kappa shape index (κ3) is 2.95. The summed E-state index contributed by atoms with van der Waals surface area (Å²) in [6.07, 6.45) is 11.0. The van der Waals surface area contributed by atoms with Gasteiger partial charge in [-0.1, -0.05) is 18.6 Å². The zero-order valence-electron chi connectivity index (χ0n) is 8.58. The van der Waals surface area contributed by atoms with E-state index >= 15 is 0 Å². The van der Waals surface area contributed by atoms with Crippen molar-refractivity contribution in [1.29, 1.82) is 0 Å². The molecule has 2 rings (SSSR count). The molecule has 0 aromatic heterocycles. The molecule has 1 unspecified atom stereocenters. The minimum atomic E-state index is 0.355. The molecule has 2 heteroatoms. The molecule has 0 bridgehead atoms. The topological polar surface area (TPSA) is 29.6 Å². The number of carbonyl (C=O) groups is 1. The van der Waals surface area contributed by atoms with E-state index in [0.717, 1.165) is 38.7 Å². The summed E-state index contributed by atoms with van der Waals surface area (Å²) in [6.45, 7) is 0.888. The third-order valence-electron chi connectivity index (χ3n) is 3.07. The van der Waals surface area contributed by atoms with E-state index in [1.807, 2.05) is 0 Å². The highest BCUT2D eigenvalue weighted by Crippen LogP contribution is 2.24. The van der Waals surface area contributed by atoms with Crippen molar-refractivity contribution in [3.63, 3.8) is 0 Å². The van der Waals surface area contributed by atoms with Crippen LogP contribution < -0.4 is 0 Å².